The highest BCUT2D eigenvalue weighted by Gasteiger charge is 2.25. The molecule has 12 heavy (non-hydrogen) atoms. The summed E-state index contributed by atoms with van der Waals surface area (Å²) in [7, 11) is 0. The molecule has 68 valence electrons. The Hall–Kier alpha value is -1.13. The zero-order chi connectivity index (χ0) is 8.97. The summed E-state index contributed by atoms with van der Waals surface area (Å²) in [6.45, 7) is 0.327. The first kappa shape index (κ1) is 8.96. The molecule has 1 aliphatic heterocycles. The minimum absolute atomic E-state index is 0.139. The number of nitro groups is 1. The predicted molar refractivity (Wildman–Crippen MR) is 40.2 cm³/mol. The molecule has 1 saturated heterocycles. The van der Waals surface area contributed by atoms with Crippen LogP contribution in [0.1, 0.15) is 19.3 Å². The molecule has 0 aromatic carbocycles. The number of carbonyl (C=O) groups excluding carboxylic acids is 1. The van der Waals surface area contributed by atoms with Crippen molar-refractivity contribution >= 4 is 5.97 Å². The van der Waals surface area contributed by atoms with Crippen LogP contribution in [0.3, 0.4) is 0 Å². The van der Waals surface area contributed by atoms with Crippen molar-refractivity contribution in [1.82, 2.24) is 0 Å². The van der Waals surface area contributed by atoms with Crippen LogP contribution in [0.25, 0.3) is 0 Å². The molecule has 1 atom stereocenters. The van der Waals surface area contributed by atoms with Crippen LogP contribution in [0.15, 0.2) is 0 Å². The molecule has 0 N–H and O–H groups in total. The maximum absolute atomic E-state index is 11.0. The Morgan fingerprint density at radius 1 is 1.67 bits per heavy atom. The van der Waals surface area contributed by atoms with Crippen molar-refractivity contribution < 1.29 is 14.5 Å². The van der Waals surface area contributed by atoms with Gasteiger partial charge in [-0.2, -0.15) is 0 Å². The molecule has 0 aliphatic carbocycles. The zero-order valence-electron chi connectivity index (χ0n) is 6.69. The largest absolute Gasteiger partial charge is 0.465 e. The Balaban J connectivity index is 2.29. The van der Waals surface area contributed by atoms with E-state index in [9.17, 15) is 14.9 Å². The number of rotatable bonds is 3. The fourth-order valence-corrected chi connectivity index (χ4v) is 1.26. The lowest BCUT2D eigenvalue weighted by molar-refractivity contribution is -0.481. The molecule has 1 aliphatic rings. The van der Waals surface area contributed by atoms with Gasteiger partial charge in [0.15, 0.2) is 0 Å². The summed E-state index contributed by atoms with van der Waals surface area (Å²) in [6.07, 6.45) is 1.87. The van der Waals surface area contributed by atoms with Crippen LogP contribution < -0.4 is 0 Å². The highest BCUT2D eigenvalue weighted by molar-refractivity contribution is 5.72. The van der Waals surface area contributed by atoms with Gasteiger partial charge in [0.1, 0.15) is 0 Å². The van der Waals surface area contributed by atoms with E-state index in [0.717, 1.165) is 12.8 Å². The van der Waals surface area contributed by atoms with Gasteiger partial charge in [0, 0.05) is 11.3 Å². The second kappa shape index (κ2) is 4.04. The second-order valence-electron chi connectivity index (χ2n) is 2.85. The van der Waals surface area contributed by atoms with Crippen LogP contribution in [-0.4, -0.2) is 24.0 Å². The molecule has 5 heteroatoms. The minimum Gasteiger partial charge on any atom is -0.465 e. The van der Waals surface area contributed by atoms with Gasteiger partial charge < -0.3 is 4.74 Å². The van der Waals surface area contributed by atoms with Gasteiger partial charge in [0.25, 0.3) is 0 Å². The van der Waals surface area contributed by atoms with Gasteiger partial charge >= 0.3 is 5.97 Å². The summed E-state index contributed by atoms with van der Waals surface area (Å²) >= 11 is 0. The molecule has 0 amide bonds. The molecule has 0 spiro atoms. The number of ether oxygens (including phenoxy) is 1. The fraction of sp³-hybridized carbons (Fsp3) is 0.857. The quantitative estimate of drug-likeness (QED) is 0.356. The van der Waals surface area contributed by atoms with E-state index in [2.05, 4.69) is 0 Å². The van der Waals surface area contributed by atoms with Crippen molar-refractivity contribution in [1.29, 1.82) is 0 Å². The van der Waals surface area contributed by atoms with Crippen molar-refractivity contribution in [3.8, 4) is 0 Å². The number of hydrogen-bond acceptors (Lipinski definition) is 4. The highest BCUT2D eigenvalue weighted by Crippen LogP contribution is 2.18. The SMILES string of the molecule is O=C1OCCCC1CC[N+](=O)[O-]. The second-order valence-corrected chi connectivity index (χ2v) is 2.85. The molecule has 0 aromatic rings. The van der Waals surface area contributed by atoms with E-state index in [1.807, 2.05) is 0 Å². The third-order valence-corrected chi connectivity index (χ3v) is 1.93. The summed E-state index contributed by atoms with van der Waals surface area (Å²) < 4.78 is 4.76. The molecule has 1 heterocycles. The monoisotopic (exact) mass is 173 g/mol. The van der Waals surface area contributed by atoms with Gasteiger partial charge in [0.2, 0.25) is 6.54 Å². The van der Waals surface area contributed by atoms with Gasteiger partial charge in [-0.25, -0.2) is 0 Å². The van der Waals surface area contributed by atoms with E-state index < -0.39 is 4.92 Å². The van der Waals surface area contributed by atoms with E-state index in [0.29, 0.717) is 13.0 Å². The number of hydrogen-bond donors (Lipinski definition) is 0. The van der Waals surface area contributed by atoms with Crippen LogP contribution in [0.4, 0.5) is 0 Å². The lowest BCUT2D eigenvalue weighted by Gasteiger charge is -2.18. The molecule has 1 rings (SSSR count). The number of esters is 1. The van der Waals surface area contributed by atoms with Crippen LogP contribution in [0.2, 0.25) is 0 Å². The van der Waals surface area contributed by atoms with Crippen LogP contribution in [0.5, 0.6) is 0 Å². The zero-order valence-corrected chi connectivity index (χ0v) is 6.69. The fourth-order valence-electron chi connectivity index (χ4n) is 1.26. The van der Waals surface area contributed by atoms with Crippen molar-refractivity contribution in [2.45, 2.75) is 19.3 Å². The van der Waals surface area contributed by atoms with Crippen molar-refractivity contribution in [2.75, 3.05) is 13.2 Å². The lowest BCUT2D eigenvalue weighted by Crippen LogP contribution is -2.25. The molecule has 0 saturated carbocycles. The molecular formula is C7H11NO4. The number of cyclic esters (lactones) is 1. The van der Waals surface area contributed by atoms with E-state index in [-0.39, 0.29) is 18.4 Å². The Kier molecular flexibility index (Phi) is 3.01. The van der Waals surface area contributed by atoms with E-state index in [4.69, 9.17) is 4.74 Å². The Bertz CT molecular complexity index is 192. The number of carbonyl (C=O) groups is 1. The lowest BCUT2D eigenvalue weighted by atomic mass is 9.98. The van der Waals surface area contributed by atoms with Crippen LogP contribution >= 0.6 is 0 Å². The molecule has 1 fully saturated rings. The maximum Gasteiger partial charge on any atom is 0.309 e. The van der Waals surface area contributed by atoms with Gasteiger partial charge in [-0.1, -0.05) is 0 Å². The van der Waals surface area contributed by atoms with Gasteiger partial charge in [-0.05, 0) is 12.8 Å². The maximum atomic E-state index is 11.0. The molecular weight excluding hydrogens is 162 g/mol. The predicted octanol–water partition coefficient (Wildman–Crippen LogP) is 0.606. The first-order valence-corrected chi connectivity index (χ1v) is 3.98. The van der Waals surface area contributed by atoms with Crippen LogP contribution in [-0.2, 0) is 9.53 Å². The first-order valence-electron chi connectivity index (χ1n) is 3.98. The van der Waals surface area contributed by atoms with E-state index in [1.54, 1.807) is 0 Å². The summed E-state index contributed by atoms with van der Waals surface area (Å²) in [6, 6.07) is 0. The van der Waals surface area contributed by atoms with Gasteiger partial charge in [-0.3, -0.25) is 14.9 Å². The Labute approximate surface area is 69.9 Å². The molecule has 0 bridgehead atoms. The van der Waals surface area contributed by atoms with Crippen molar-refractivity contribution in [3.05, 3.63) is 10.1 Å². The summed E-state index contributed by atoms with van der Waals surface area (Å²) in [5.41, 5.74) is 0. The molecule has 0 radical (unpaired) electrons. The van der Waals surface area contributed by atoms with E-state index >= 15 is 0 Å². The third kappa shape index (κ3) is 2.48. The highest BCUT2D eigenvalue weighted by atomic mass is 16.6. The Morgan fingerprint density at radius 3 is 3.00 bits per heavy atom. The molecule has 5 nitrogen and oxygen atoms in total. The smallest absolute Gasteiger partial charge is 0.309 e. The average molecular weight is 173 g/mol. The standard InChI is InChI=1S/C7H11NO4/c9-7-6(2-1-5-12-7)3-4-8(10)11/h6H,1-5H2. The van der Waals surface area contributed by atoms with Crippen LogP contribution in [0, 0.1) is 16.0 Å². The van der Waals surface area contributed by atoms with Crippen molar-refractivity contribution in [2.24, 2.45) is 5.92 Å². The summed E-state index contributed by atoms with van der Waals surface area (Å²) in [5.74, 6) is -0.521. The minimum atomic E-state index is -0.401. The molecule has 0 aromatic heterocycles. The topological polar surface area (TPSA) is 69.4 Å². The normalized spacial score (nSPS) is 23.3. The van der Waals surface area contributed by atoms with Gasteiger partial charge in [-0.15, -0.1) is 0 Å². The summed E-state index contributed by atoms with van der Waals surface area (Å²) in [5, 5.41) is 10.0. The first-order chi connectivity index (χ1) is 5.70. The number of nitrogens with zero attached hydrogens (tertiary/aromatic N) is 1. The van der Waals surface area contributed by atoms with Gasteiger partial charge in [0.05, 0.1) is 12.5 Å². The third-order valence-electron chi connectivity index (χ3n) is 1.93. The van der Waals surface area contributed by atoms with Crippen molar-refractivity contribution in [3.63, 3.8) is 0 Å². The molecule has 1 unspecified atom stereocenters. The average Bonchev–Trinajstić information content (AvgIpc) is 2.03. The van der Waals surface area contributed by atoms with E-state index in [1.165, 1.54) is 0 Å². The Morgan fingerprint density at radius 2 is 2.42 bits per heavy atom. The summed E-state index contributed by atoms with van der Waals surface area (Å²) in [4.78, 5) is 20.6.